The smallest absolute Gasteiger partial charge is 0.306 e. The van der Waals surface area contributed by atoms with Crippen LogP contribution in [0.5, 0.6) is 0 Å². The molecule has 0 saturated carbocycles. The maximum absolute atomic E-state index is 11.3. The Bertz CT molecular complexity index is 143. The molecule has 0 aromatic carbocycles. The van der Waals surface area contributed by atoms with Crippen molar-refractivity contribution in [3.8, 4) is 0 Å². The van der Waals surface area contributed by atoms with E-state index in [1.165, 1.54) is 12.8 Å². The van der Waals surface area contributed by atoms with Gasteiger partial charge in [-0.2, -0.15) is 0 Å². The van der Waals surface area contributed by atoms with Gasteiger partial charge in [0.15, 0.2) is 0 Å². The summed E-state index contributed by atoms with van der Waals surface area (Å²) in [4.78, 5) is 11.3. The molecule has 0 saturated heterocycles. The molecule has 1 atom stereocenters. The summed E-state index contributed by atoms with van der Waals surface area (Å²) in [6.45, 7) is 6.98. The fraction of sp³-hybridized carbons (Fsp3) is 0.917. The first-order valence-electron chi connectivity index (χ1n) is 5.86. The highest BCUT2D eigenvalue weighted by molar-refractivity contribution is 5.69. The highest BCUT2D eigenvalue weighted by Gasteiger charge is 2.09. The molecule has 0 heterocycles. The standard InChI is InChI=1S/C12H24O2/c1-4-6-8-11(3)10-12(13)14-9-7-5-2/h11H,4-10H2,1-3H3. The SMILES string of the molecule is CCCCOC(=O)CC(C)CCCC. The van der Waals surface area contributed by atoms with Crippen LogP contribution in [0.15, 0.2) is 0 Å². The molecule has 0 fully saturated rings. The Morgan fingerprint density at radius 2 is 1.86 bits per heavy atom. The molecule has 0 aliphatic carbocycles. The molecule has 0 amide bonds. The third-order valence-electron chi connectivity index (χ3n) is 2.33. The Labute approximate surface area is 88.0 Å². The van der Waals surface area contributed by atoms with Gasteiger partial charge in [0.25, 0.3) is 0 Å². The molecular formula is C12H24O2. The maximum atomic E-state index is 11.3. The maximum Gasteiger partial charge on any atom is 0.306 e. The predicted molar refractivity (Wildman–Crippen MR) is 59.2 cm³/mol. The first-order valence-corrected chi connectivity index (χ1v) is 5.86. The molecule has 1 unspecified atom stereocenters. The van der Waals surface area contributed by atoms with E-state index in [1.54, 1.807) is 0 Å². The first kappa shape index (κ1) is 13.5. The average molecular weight is 200 g/mol. The van der Waals surface area contributed by atoms with Gasteiger partial charge in [-0.1, -0.05) is 46.5 Å². The predicted octanol–water partition coefficient (Wildman–Crippen LogP) is 3.55. The summed E-state index contributed by atoms with van der Waals surface area (Å²) in [5.74, 6) is 0.450. The van der Waals surface area contributed by atoms with Crippen LogP contribution in [-0.4, -0.2) is 12.6 Å². The van der Waals surface area contributed by atoms with Crippen LogP contribution in [0, 0.1) is 5.92 Å². The van der Waals surface area contributed by atoms with Crippen molar-refractivity contribution in [2.24, 2.45) is 5.92 Å². The van der Waals surface area contributed by atoms with Crippen molar-refractivity contribution in [2.45, 2.75) is 59.3 Å². The summed E-state index contributed by atoms with van der Waals surface area (Å²) in [7, 11) is 0. The Hall–Kier alpha value is -0.530. The van der Waals surface area contributed by atoms with Gasteiger partial charge in [0.2, 0.25) is 0 Å². The number of hydrogen-bond acceptors (Lipinski definition) is 2. The molecule has 0 N–H and O–H groups in total. The second-order valence-electron chi connectivity index (χ2n) is 4.03. The average Bonchev–Trinajstić information content (AvgIpc) is 2.15. The minimum atomic E-state index is -0.0259. The second-order valence-corrected chi connectivity index (χ2v) is 4.03. The van der Waals surface area contributed by atoms with Crippen molar-refractivity contribution in [1.82, 2.24) is 0 Å². The molecular weight excluding hydrogens is 176 g/mol. The topological polar surface area (TPSA) is 26.3 Å². The number of ether oxygens (including phenoxy) is 1. The second kappa shape index (κ2) is 9.04. The van der Waals surface area contributed by atoms with Crippen LogP contribution in [-0.2, 0) is 9.53 Å². The van der Waals surface area contributed by atoms with Crippen molar-refractivity contribution >= 4 is 5.97 Å². The molecule has 0 rings (SSSR count). The number of hydrogen-bond donors (Lipinski definition) is 0. The Morgan fingerprint density at radius 3 is 2.43 bits per heavy atom. The van der Waals surface area contributed by atoms with E-state index in [0.29, 0.717) is 18.9 Å². The van der Waals surface area contributed by atoms with Crippen LogP contribution >= 0.6 is 0 Å². The van der Waals surface area contributed by atoms with Gasteiger partial charge in [-0.15, -0.1) is 0 Å². The molecule has 0 bridgehead atoms. The van der Waals surface area contributed by atoms with Crippen LogP contribution in [0.2, 0.25) is 0 Å². The number of carbonyl (C=O) groups is 1. The van der Waals surface area contributed by atoms with Crippen LogP contribution in [0.1, 0.15) is 59.3 Å². The van der Waals surface area contributed by atoms with Crippen molar-refractivity contribution in [3.05, 3.63) is 0 Å². The quantitative estimate of drug-likeness (QED) is 0.442. The number of rotatable bonds is 8. The lowest BCUT2D eigenvalue weighted by Gasteiger charge is -2.09. The van der Waals surface area contributed by atoms with Gasteiger partial charge in [-0.3, -0.25) is 4.79 Å². The normalized spacial score (nSPS) is 12.5. The van der Waals surface area contributed by atoms with Crippen molar-refractivity contribution < 1.29 is 9.53 Å². The van der Waals surface area contributed by atoms with E-state index in [4.69, 9.17) is 4.74 Å². The van der Waals surface area contributed by atoms with E-state index in [2.05, 4.69) is 20.8 Å². The Kier molecular flexibility index (Phi) is 8.70. The summed E-state index contributed by atoms with van der Waals surface area (Å²) in [6.07, 6.45) is 6.20. The highest BCUT2D eigenvalue weighted by Crippen LogP contribution is 2.12. The minimum absolute atomic E-state index is 0.0259. The van der Waals surface area contributed by atoms with Gasteiger partial charge in [0, 0.05) is 6.42 Å². The highest BCUT2D eigenvalue weighted by atomic mass is 16.5. The molecule has 84 valence electrons. The van der Waals surface area contributed by atoms with Crippen LogP contribution in [0.25, 0.3) is 0 Å². The monoisotopic (exact) mass is 200 g/mol. The van der Waals surface area contributed by atoms with Gasteiger partial charge in [-0.25, -0.2) is 0 Å². The third kappa shape index (κ3) is 8.09. The fourth-order valence-electron chi connectivity index (χ4n) is 1.33. The molecule has 0 aliphatic heterocycles. The van der Waals surface area contributed by atoms with Gasteiger partial charge < -0.3 is 4.74 Å². The zero-order valence-corrected chi connectivity index (χ0v) is 9.84. The molecule has 0 radical (unpaired) electrons. The molecule has 0 aromatic heterocycles. The summed E-state index contributed by atoms with van der Waals surface area (Å²) in [5, 5.41) is 0. The summed E-state index contributed by atoms with van der Waals surface area (Å²) < 4.78 is 5.09. The summed E-state index contributed by atoms with van der Waals surface area (Å²) in [5.41, 5.74) is 0. The van der Waals surface area contributed by atoms with Gasteiger partial charge in [0.05, 0.1) is 6.61 Å². The van der Waals surface area contributed by atoms with Crippen molar-refractivity contribution in [3.63, 3.8) is 0 Å². The van der Waals surface area contributed by atoms with Crippen LogP contribution in [0.3, 0.4) is 0 Å². The first-order chi connectivity index (χ1) is 6.70. The Morgan fingerprint density at radius 1 is 1.21 bits per heavy atom. The molecule has 0 spiro atoms. The number of esters is 1. The lowest BCUT2D eigenvalue weighted by molar-refractivity contribution is -0.144. The van der Waals surface area contributed by atoms with Crippen molar-refractivity contribution in [1.29, 1.82) is 0 Å². The molecule has 14 heavy (non-hydrogen) atoms. The van der Waals surface area contributed by atoms with Crippen LogP contribution < -0.4 is 0 Å². The summed E-state index contributed by atoms with van der Waals surface area (Å²) in [6, 6.07) is 0. The number of unbranched alkanes of at least 4 members (excludes halogenated alkanes) is 2. The fourth-order valence-corrected chi connectivity index (χ4v) is 1.33. The molecule has 0 aromatic rings. The van der Waals surface area contributed by atoms with Gasteiger partial charge >= 0.3 is 5.97 Å². The summed E-state index contributed by atoms with van der Waals surface area (Å²) >= 11 is 0. The lowest BCUT2D eigenvalue weighted by Crippen LogP contribution is -2.10. The third-order valence-corrected chi connectivity index (χ3v) is 2.33. The minimum Gasteiger partial charge on any atom is -0.466 e. The largest absolute Gasteiger partial charge is 0.466 e. The van der Waals surface area contributed by atoms with Gasteiger partial charge in [-0.05, 0) is 12.3 Å². The van der Waals surface area contributed by atoms with E-state index in [0.717, 1.165) is 19.3 Å². The van der Waals surface area contributed by atoms with Gasteiger partial charge in [0.1, 0.15) is 0 Å². The molecule has 0 aliphatic rings. The lowest BCUT2D eigenvalue weighted by atomic mass is 10.0. The zero-order valence-electron chi connectivity index (χ0n) is 9.84. The number of carbonyl (C=O) groups excluding carboxylic acids is 1. The van der Waals surface area contributed by atoms with E-state index >= 15 is 0 Å². The van der Waals surface area contributed by atoms with E-state index in [9.17, 15) is 4.79 Å². The molecule has 2 nitrogen and oxygen atoms in total. The zero-order chi connectivity index (χ0) is 10.8. The van der Waals surface area contributed by atoms with E-state index in [-0.39, 0.29) is 5.97 Å². The Balaban J connectivity index is 3.40. The van der Waals surface area contributed by atoms with E-state index < -0.39 is 0 Å². The van der Waals surface area contributed by atoms with Crippen molar-refractivity contribution in [2.75, 3.05) is 6.61 Å². The van der Waals surface area contributed by atoms with E-state index in [1.807, 2.05) is 0 Å². The molecule has 2 heteroatoms. The van der Waals surface area contributed by atoms with Crippen LogP contribution in [0.4, 0.5) is 0 Å².